The molecule has 2 saturated heterocycles. The maximum Gasteiger partial charge on any atom is 0.410 e. The highest BCUT2D eigenvalue weighted by Gasteiger charge is 2.22. The first-order chi connectivity index (χ1) is 12.1. The Morgan fingerprint density at radius 2 is 1.84 bits per heavy atom. The number of nitrogens with one attached hydrogen (secondary N) is 1. The molecule has 1 N–H and O–H groups in total. The molecular weight excluding hydrogens is 346 g/mol. The van der Waals surface area contributed by atoms with Crippen LogP contribution in [-0.2, 0) is 16.1 Å². The molecule has 1 aromatic carbocycles. The number of morpholine rings is 1. The molecule has 3 rings (SSSR count). The third-order valence-corrected chi connectivity index (χ3v) is 4.63. The highest BCUT2D eigenvalue weighted by Crippen LogP contribution is 2.21. The number of nitrogens with zero attached hydrogens (tertiary/aromatic N) is 2. The molecule has 2 aliphatic rings. The van der Waals surface area contributed by atoms with Gasteiger partial charge in [-0.2, -0.15) is 0 Å². The summed E-state index contributed by atoms with van der Waals surface area (Å²) in [5.41, 5.74) is 1.17. The SMILES string of the molecule is O=C(OCc1ccc(Cl)c(C(=O)N2CCOCC2)c1)N1CCNCC1. The lowest BCUT2D eigenvalue weighted by molar-refractivity contribution is 0.0303. The summed E-state index contributed by atoms with van der Waals surface area (Å²) in [7, 11) is 0. The lowest BCUT2D eigenvalue weighted by Crippen LogP contribution is -2.46. The maximum absolute atomic E-state index is 12.6. The van der Waals surface area contributed by atoms with Crippen LogP contribution in [0.3, 0.4) is 0 Å². The Labute approximate surface area is 151 Å². The second-order valence-corrected chi connectivity index (χ2v) is 6.42. The highest BCUT2D eigenvalue weighted by molar-refractivity contribution is 6.33. The Hall–Kier alpha value is -1.83. The van der Waals surface area contributed by atoms with Crippen LogP contribution in [0.15, 0.2) is 18.2 Å². The van der Waals surface area contributed by atoms with Gasteiger partial charge >= 0.3 is 6.09 Å². The van der Waals surface area contributed by atoms with Crippen molar-refractivity contribution in [1.29, 1.82) is 0 Å². The minimum Gasteiger partial charge on any atom is -0.445 e. The summed E-state index contributed by atoms with van der Waals surface area (Å²) in [6.07, 6.45) is -0.336. The zero-order valence-electron chi connectivity index (χ0n) is 14.0. The van der Waals surface area contributed by atoms with Gasteiger partial charge in [0.05, 0.1) is 23.8 Å². The number of carbonyl (C=O) groups excluding carboxylic acids is 2. The van der Waals surface area contributed by atoms with Gasteiger partial charge < -0.3 is 24.6 Å². The van der Waals surface area contributed by atoms with Crippen molar-refractivity contribution in [3.8, 4) is 0 Å². The van der Waals surface area contributed by atoms with Crippen molar-refractivity contribution in [2.75, 3.05) is 52.5 Å². The summed E-state index contributed by atoms with van der Waals surface area (Å²) in [4.78, 5) is 28.1. The fraction of sp³-hybridized carbons (Fsp3) is 0.529. The number of carbonyl (C=O) groups is 2. The molecule has 7 nitrogen and oxygen atoms in total. The first-order valence-electron chi connectivity index (χ1n) is 8.43. The number of hydrogen-bond acceptors (Lipinski definition) is 5. The van der Waals surface area contributed by atoms with Crippen LogP contribution in [0.2, 0.25) is 5.02 Å². The van der Waals surface area contributed by atoms with E-state index >= 15 is 0 Å². The molecule has 0 spiro atoms. The van der Waals surface area contributed by atoms with E-state index in [9.17, 15) is 9.59 Å². The molecule has 0 unspecified atom stereocenters. The van der Waals surface area contributed by atoms with E-state index in [0.29, 0.717) is 50.0 Å². The van der Waals surface area contributed by atoms with Crippen molar-refractivity contribution in [3.05, 3.63) is 34.3 Å². The fourth-order valence-corrected chi connectivity index (χ4v) is 3.05. The number of piperazine rings is 1. The van der Waals surface area contributed by atoms with Gasteiger partial charge in [-0.25, -0.2) is 4.79 Å². The summed E-state index contributed by atoms with van der Waals surface area (Å²) in [6.45, 7) is 5.11. The topological polar surface area (TPSA) is 71.1 Å². The molecule has 2 heterocycles. The Morgan fingerprint density at radius 1 is 1.12 bits per heavy atom. The maximum atomic E-state index is 12.6. The van der Waals surface area contributed by atoms with Crippen molar-refractivity contribution in [2.24, 2.45) is 0 Å². The second kappa shape index (κ2) is 8.51. The normalized spacial score (nSPS) is 18.1. The van der Waals surface area contributed by atoms with E-state index in [1.807, 2.05) is 0 Å². The zero-order chi connectivity index (χ0) is 17.6. The molecule has 8 heteroatoms. The van der Waals surface area contributed by atoms with Crippen LogP contribution in [0.4, 0.5) is 4.79 Å². The molecule has 0 bridgehead atoms. The summed E-state index contributed by atoms with van der Waals surface area (Å²) < 4.78 is 10.6. The molecule has 0 aromatic heterocycles. The number of hydrogen-bond donors (Lipinski definition) is 1. The molecule has 0 aliphatic carbocycles. The first kappa shape index (κ1) is 18.0. The number of rotatable bonds is 3. The number of benzene rings is 1. The van der Waals surface area contributed by atoms with Gasteiger partial charge in [-0.3, -0.25) is 4.79 Å². The average Bonchev–Trinajstić information content (AvgIpc) is 2.68. The van der Waals surface area contributed by atoms with Crippen LogP contribution < -0.4 is 5.32 Å². The molecule has 2 fully saturated rings. The predicted molar refractivity (Wildman–Crippen MR) is 92.8 cm³/mol. The Bertz CT molecular complexity index is 628. The van der Waals surface area contributed by atoms with Gasteiger partial charge in [0, 0.05) is 39.3 Å². The smallest absolute Gasteiger partial charge is 0.410 e. The number of amides is 2. The Morgan fingerprint density at radius 3 is 2.56 bits per heavy atom. The van der Waals surface area contributed by atoms with E-state index in [2.05, 4.69) is 5.32 Å². The van der Waals surface area contributed by atoms with Crippen LogP contribution >= 0.6 is 11.6 Å². The molecule has 2 aliphatic heterocycles. The van der Waals surface area contributed by atoms with Crippen molar-refractivity contribution in [1.82, 2.24) is 15.1 Å². The molecule has 1 aromatic rings. The monoisotopic (exact) mass is 367 g/mol. The van der Waals surface area contributed by atoms with Crippen LogP contribution in [0.25, 0.3) is 0 Å². The van der Waals surface area contributed by atoms with Gasteiger partial charge in [0.25, 0.3) is 5.91 Å². The van der Waals surface area contributed by atoms with Crippen LogP contribution in [0, 0.1) is 0 Å². The molecule has 2 amide bonds. The molecule has 25 heavy (non-hydrogen) atoms. The third-order valence-electron chi connectivity index (χ3n) is 4.30. The Balaban J connectivity index is 1.62. The summed E-state index contributed by atoms with van der Waals surface area (Å²) in [6, 6.07) is 5.14. The lowest BCUT2D eigenvalue weighted by atomic mass is 10.1. The van der Waals surface area contributed by atoms with E-state index in [0.717, 1.165) is 18.7 Å². The van der Waals surface area contributed by atoms with Crippen LogP contribution in [0.1, 0.15) is 15.9 Å². The van der Waals surface area contributed by atoms with E-state index in [1.54, 1.807) is 28.0 Å². The van der Waals surface area contributed by atoms with Crippen molar-refractivity contribution < 1.29 is 19.1 Å². The van der Waals surface area contributed by atoms with E-state index in [4.69, 9.17) is 21.1 Å². The summed E-state index contributed by atoms with van der Waals surface area (Å²) in [5, 5.41) is 3.58. The summed E-state index contributed by atoms with van der Waals surface area (Å²) in [5.74, 6) is -0.122. The Kier molecular flexibility index (Phi) is 6.12. The second-order valence-electron chi connectivity index (χ2n) is 6.01. The number of halogens is 1. The average molecular weight is 368 g/mol. The van der Waals surface area contributed by atoms with Crippen molar-refractivity contribution >= 4 is 23.6 Å². The van der Waals surface area contributed by atoms with Crippen LogP contribution in [-0.4, -0.2) is 74.3 Å². The van der Waals surface area contributed by atoms with E-state index < -0.39 is 0 Å². The molecule has 0 atom stereocenters. The van der Waals surface area contributed by atoms with Crippen molar-refractivity contribution in [3.63, 3.8) is 0 Å². The van der Waals surface area contributed by atoms with Crippen LogP contribution in [0.5, 0.6) is 0 Å². The lowest BCUT2D eigenvalue weighted by Gasteiger charge is -2.27. The first-order valence-corrected chi connectivity index (χ1v) is 8.81. The molecule has 136 valence electrons. The minimum absolute atomic E-state index is 0.114. The fourth-order valence-electron chi connectivity index (χ4n) is 2.85. The zero-order valence-corrected chi connectivity index (χ0v) is 14.8. The van der Waals surface area contributed by atoms with Gasteiger partial charge in [-0.15, -0.1) is 0 Å². The summed E-state index contributed by atoms with van der Waals surface area (Å²) >= 11 is 6.19. The van der Waals surface area contributed by atoms with Gasteiger partial charge in [-0.05, 0) is 17.7 Å². The quantitative estimate of drug-likeness (QED) is 0.873. The molecular formula is C17H22ClN3O4. The highest BCUT2D eigenvalue weighted by atomic mass is 35.5. The van der Waals surface area contributed by atoms with Gasteiger partial charge in [0.15, 0.2) is 0 Å². The third kappa shape index (κ3) is 4.62. The predicted octanol–water partition coefficient (Wildman–Crippen LogP) is 1.35. The standard InChI is InChI=1S/C17H22ClN3O4/c18-15-2-1-13(12-25-17(23)21-5-3-19-4-6-21)11-14(15)16(22)20-7-9-24-10-8-20/h1-2,11,19H,3-10,12H2. The van der Waals surface area contributed by atoms with Gasteiger partial charge in [0.1, 0.15) is 6.61 Å². The van der Waals surface area contributed by atoms with Gasteiger partial charge in [-0.1, -0.05) is 17.7 Å². The van der Waals surface area contributed by atoms with Crippen molar-refractivity contribution in [2.45, 2.75) is 6.61 Å². The largest absolute Gasteiger partial charge is 0.445 e. The number of ether oxygens (including phenoxy) is 2. The molecule has 0 radical (unpaired) electrons. The van der Waals surface area contributed by atoms with Gasteiger partial charge in [0.2, 0.25) is 0 Å². The van der Waals surface area contributed by atoms with E-state index in [-0.39, 0.29) is 18.6 Å². The van der Waals surface area contributed by atoms with E-state index in [1.165, 1.54) is 0 Å². The molecule has 0 saturated carbocycles. The minimum atomic E-state index is -0.336.